The third-order valence-electron chi connectivity index (χ3n) is 3.68. The second-order valence-electron chi connectivity index (χ2n) is 5.40. The molecule has 1 aliphatic rings. The molecule has 1 aromatic carbocycles. The lowest BCUT2D eigenvalue weighted by Gasteiger charge is -2.30. The molecule has 0 amide bonds. The Labute approximate surface area is 116 Å². The number of piperidine rings is 1. The van der Waals surface area contributed by atoms with Crippen molar-refractivity contribution in [3.05, 3.63) is 23.8 Å². The molecule has 2 rings (SSSR count). The molecule has 1 unspecified atom stereocenters. The van der Waals surface area contributed by atoms with Gasteiger partial charge in [-0.05, 0) is 49.9 Å². The zero-order chi connectivity index (χ0) is 13.7. The highest BCUT2D eigenvalue weighted by Crippen LogP contribution is 2.29. The van der Waals surface area contributed by atoms with Gasteiger partial charge in [-0.2, -0.15) is 0 Å². The predicted octanol–water partition coefficient (Wildman–Crippen LogP) is 3.33. The lowest BCUT2D eigenvalue weighted by Crippen LogP contribution is -2.33. The van der Waals surface area contributed by atoms with E-state index in [4.69, 9.17) is 9.47 Å². The van der Waals surface area contributed by atoms with Gasteiger partial charge in [-0.3, -0.25) is 4.90 Å². The van der Waals surface area contributed by atoms with Crippen LogP contribution in [0.5, 0.6) is 11.5 Å². The number of nitrogens with zero attached hydrogens (tertiary/aromatic N) is 1. The molecule has 0 bridgehead atoms. The molecule has 0 spiro atoms. The Balaban J connectivity index is 2.05. The molecule has 3 nitrogen and oxygen atoms in total. The highest BCUT2D eigenvalue weighted by atomic mass is 16.5. The second-order valence-corrected chi connectivity index (χ2v) is 5.40. The summed E-state index contributed by atoms with van der Waals surface area (Å²) in [5.41, 5.74) is 1.30. The molecule has 3 heteroatoms. The normalized spacial score (nSPS) is 20.3. The molecule has 0 N–H and O–H groups in total. The van der Waals surface area contributed by atoms with Crippen LogP contribution in [-0.2, 0) is 6.54 Å². The number of rotatable bonds is 5. The van der Waals surface area contributed by atoms with E-state index in [0.717, 1.165) is 24.0 Å². The van der Waals surface area contributed by atoms with Crippen LogP contribution >= 0.6 is 0 Å². The van der Waals surface area contributed by atoms with Crippen molar-refractivity contribution in [2.24, 2.45) is 5.92 Å². The van der Waals surface area contributed by atoms with E-state index in [0.29, 0.717) is 6.61 Å². The summed E-state index contributed by atoms with van der Waals surface area (Å²) < 4.78 is 11.0. The Bertz CT molecular complexity index is 406. The van der Waals surface area contributed by atoms with Crippen molar-refractivity contribution in [3.63, 3.8) is 0 Å². The number of hydrogen-bond acceptors (Lipinski definition) is 3. The number of ether oxygens (including phenoxy) is 2. The van der Waals surface area contributed by atoms with Gasteiger partial charge in [-0.25, -0.2) is 0 Å². The fourth-order valence-corrected chi connectivity index (χ4v) is 2.78. The molecular formula is C16H25NO2. The average Bonchev–Trinajstić information content (AvgIpc) is 2.39. The number of likely N-dealkylation sites (tertiary alicyclic amines) is 1. The molecule has 1 fully saturated rings. The standard InChI is InChI=1S/C16H25NO2/c1-4-19-16-10-14(7-8-15(16)18-3)12-17-9-5-6-13(2)11-17/h7-8,10,13H,4-6,9,11-12H2,1-3H3. The Kier molecular flexibility index (Phi) is 5.08. The van der Waals surface area contributed by atoms with Crippen molar-refractivity contribution in [2.45, 2.75) is 33.2 Å². The van der Waals surface area contributed by atoms with Crippen LogP contribution in [0, 0.1) is 5.92 Å². The van der Waals surface area contributed by atoms with Crippen LogP contribution in [0.2, 0.25) is 0 Å². The van der Waals surface area contributed by atoms with Gasteiger partial charge in [0.1, 0.15) is 0 Å². The molecule has 1 heterocycles. The molecule has 1 atom stereocenters. The van der Waals surface area contributed by atoms with Gasteiger partial charge in [-0.15, -0.1) is 0 Å². The van der Waals surface area contributed by atoms with Gasteiger partial charge in [0.2, 0.25) is 0 Å². The molecule has 0 aliphatic carbocycles. The van der Waals surface area contributed by atoms with Gasteiger partial charge in [0.15, 0.2) is 11.5 Å². The van der Waals surface area contributed by atoms with Crippen LogP contribution in [0.4, 0.5) is 0 Å². The van der Waals surface area contributed by atoms with E-state index in [2.05, 4.69) is 24.0 Å². The topological polar surface area (TPSA) is 21.7 Å². The van der Waals surface area contributed by atoms with E-state index in [9.17, 15) is 0 Å². The van der Waals surface area contributed by atoms with E-state index < -0.39 is 0 Å². The Morgan fingerprint density at radius 3 is 2.84 bits per heavy atom. The van der Waals surface area contributed by atoms with Crippen molar-refractivity contribution in [1.29, 1.82) is 0 Å². The molecule has 19 heavy (non-hydrogen) atoms. The van der Waals surface area contributed by atoms with E-state index in [1.54, 1.807) is 7.11 Å². The number of hydrogen-bond donors (Lipinski definition) is 0. The summed E-state index contributed by atoms with van der Waals surface area (Å²) in [7, 11) is 1.68. The number of benzene rings is 1. The summed E-state index contributed by atoms with van der Waals surface area (Å²) in [6, 6.07) is 6.26. The van der Waals surface area contributed by atoms with Crippen molar-refractivity contribution in [3.8, 4) is 11.5 Å². The van der Waals surface area contributed by atoms with Gasteiger partial charge in [0.25, 0.3) is 0 Å². The summed E-state index contributed by atoms with van der Waals surface area (Å²) in [6.07, 6.45) is 2.68. The average molecular weight is 263 g/mol. The van der Waals surface area contributed by atoms with Crippen LogP contribution in [0.25, 0.3) is 0 Å². The van der Waals surface area contributed by atoms with Crippen LogP contribution in [0.1, 0.15) is 32.3 Å². The first kappa shape index (κ1) is 14.2. The van der Waals surface area contributed by atoms with Crippen molar-refractivity contribution >= 4 is 0 Å². The van der Waals surface area contributed by atoms with Crippen LogP contribution in [0.3, 0.4) is 0 Å². The fraction of sp³-hybridized carbons (Fsp3) is 0.625. The van der Waals surface area contributed by atoms with Gasteiger partial charge in [-0.1, -0.05) is 13.0 Å². The summed E-state index contributed by atoms with van der Waals surface area (Å²) in [4.78, 5) is 2.53. The zero-order valence-corrected chi connectivity index (χ0v) is 12.3. The van der Waals surface area contributed by atoms with Crippen LogP contribution in [-0.4, -0.2) is 31.7 Å². The smallest absolute Gasteiger partial charge is 0.161 e. The lowest BCUT2D eigenvalue weighted by molar-refractivity contribution is 0.176. The van der Waals surface area contributed by atoms with Crippen molar-refractivity contribution in [1.82, 2.24) is 4.90 Å². The van der Waals surface area contributed by atoms with Gasteiger partial charge < -0.3 is 9.47 Å². The maximum absolute atomic E-state index is 5.64. The SMILES string of the molecule is CCOc1cc(CN2CCCC(C)C2)ccc1OC. The molecule has 1 aliphatic heterocycles. The molecule has 0 saturated carbocycles. The van der Waals surface area contributed by atoms with Crippen LogP contribution < -0.4 is 9.47 Å². The molecule has 1 saturated heterocycles. The minimum Gasteiger partial charge on any atom is -0.493 e. The summed E-state index contributed by atoms with van der Waals surface area (Å²) in [5, 5.41) is 0. The van der Waals surface area contributed by atoms with E-state index in [1.807, 2.05) is 13.0 Å². The first-order chi connectivity index (χ1) is 9.22. The second kappa shape index (κ2) is 6.80. The van der Waals surface area contributed by atoms with E-state index >= 15 is 0 Å². The summed E-state index contributed by atoms with van der Waals surface area (Å²) in [5.74, 6) is 2.49. The van der Waals surface area contributed by atoms with Gasteiger partial charge in [0.05, 0.1) is 13.7 Å². The summed E-state index contributed by atoms with van der Waals surface area (Å²) in [6.45, 7) is 8.43. The zero-order valence-electron chi connectivity index (χ0n) is 12.3. The molecule has 1 aromatic rings. The highest BCUT2D eigenvalue weighted by Gasteiger charge is 2.16. The summed E-state index contributed by atoms with van der Waals surface area (Å²) >= 11 is 0. The number of methoxy groups -OCH3 is 1. The minimum atomic E-state index is 0.667. The molecule has 0 aromatic heterocycles. The van der Waals surface area contributed by atoms with E-state index in [-0.39, 0.29) is 0 Å². The molecule has 106 valence electrons. The Morgan fingerprint density at radius 1 is 1.32 bits per heavy atom. The first-order valence-electron chi connectivity index (χ1n) is 7.25. The monoisotopic (exact) mass is 263 g/mol. The first-order valence-corrected chi connectivity index (χ1v) is 7.25. The third-order valence-corrected chi connectivity index (χ3v) is 3.68. The van der Waals surface area contributed by atoms with E-state index in [1.165, 1.54) is 31.5 Å². The Morgan fingerprint density at radius 2 is 2.16 bits per heavy atom. The van der Waals surface area contributed by atoms with Gasteiger partial charge >= 0.3 is 0 Å². The maximum Gasteiger partial charge on any atom is 0.161 e. The minimum absolute atomic E-state index is 0.667. The van der Waals surface area contributed by atoms with Crippen molar-refractivity contribution < 1.29 is 9.47 Å². The fourth-order valence-electron chi connectivity index (χ4n) is 2.78. The predicted molar refractivity (Wildman–Crippen MR) is 77.8 cm³/mol. The van der Waals surface area contributed by atoms with Crippen LogP contribution in [0.15, 0.2) is 18.2 Å². The highest BCUT2D eigenvalue weighted by molar-refractivity contribution is 5.42. The molecule has 0 radical (unpaired) electrons. The lowest BCUT2D eigenvalue weighted by atomic mass is 10.00. The quantitative estimate of drug-likeness (QED) is 0.813. The largest absolute Gasteiger partial charge is 0.493 e. The third kappa shape index (κ3) is 3.87. The Hall–Kier alpha value is -1.22. The van der Waals surface area contributed by atoms with Gasteiger partial charge in [0, 0.05) is 13.1 Å². The maximum atomic E-state index is 5.64. The molecular weight excluding hydrogens is 238 g/mol. The van der Waals surface area contributed by atoms with Crippen molar-refractivity contribution in [2.75, 3.05) is 26.8 Å².